The molecule has 0 radical (unpaired) electrons. The molecule has 2 atom stereocenters. The molecule has 2 aromatic rings. The Labute approximate surface area is 124 Å². The van der Waals surface area contributed by atoms with Gasteiger partial charge in [-0.05, 0) is 49.5 Å². The highest BCUT2D eigenvalue weighted by molar-refractivity contribution is 7.10. The molecule has 0 fully saturated rings. The number of thiophene rings is 1. The highest BCUT2D eigenvalue weighted by atomic mass is 32.1. The second kappa shape index (κ2) is 6.97. The lowest BCUT2D eigenvalue weighted by Gasteiger charge is -2.25. The van der Waals surface area contributed by atoms with Crippen LogP contribution in [0.3, 0.4) is 0 Å². The van der Waals surface area contributed by atoms with Crippen LogP contribution in [0, 0.1) is 5.82 Å². The van der Waals surface area contributed by atoms with Gasteiger partial charge in [0.1, 0.15) is 5.82 Å². The topological polar surface area (TPSA) is 29.3 Å². The lowest BCUT2D eigenvalue weighted by atomic mass is 10.0. The first-order chi connectivity index (χ1) is 9.58. The molecule has 108 valence electrons. The number of rotatable bonds is 6. The van der Waals surface area contributed by atoms with Gasteiger partial charge in [0, 0.05) is 23.5 Å². The fraction of sp³-hybridized carbons (Fsp3) is 0.375. The van der Waals surface area contributed by atoms with Crippen LogP contribution in [0.15, 0.2) is 41.8 Å². The van der Waals surface area contributed by atoms with Gasteiger partial charge in [0.25, 0.3) is 0 Å². The van der Waals surface area contributed by atoms with Crippen LogP contribution < -0.4 is 5.73 Å². The van der Waals surface area contributed by atoms with Crippen LogP contribution in [0.1, 0.15) is 35.9 Å². The van der Waals surface area contributed by atoms with Gasteiger partial charge < -0.3 is 5.73 Å². The molecular weight excluding hydrogens is 271 g/mol. The zero-order valence-electron chi connectivity index (χ0n) is 11.9. The van der Waals surface area contributed by atoms with Crippen molar-refractivity contribution in [2.24, 2.45) is 5.73 Å². The molecule has 0 saturated carbocycles. The zero-order chi connectivity index (χ0) is 14.5. The molecule has 0 spiro atoms. The van der Waals surface area contributed by atoms with E-state index >= 15 is 0 Å². The molecule has 0 aliphatic carbocycles. The Balaban J connectivity index is 1.88. The first-order valence-corrected chi connectivity index (χ1v) is 7.70. The third-order valence-corrected chi connectivity index (χ3v) is 4.73. The average Bonchev–Trinajstić information content (AvgIpc) is 2.97. The summed E-state index contributed by atoms with van der Waals surface area (Å²) in [7, 11) is 2.10. The maximum absolute atomic E-state index is 13.2. The van der Waals surface area contributed by atoms with Crippen LogP contribution >= 0.6 is 11.3 Å². The van der Waals surface area contributed by atoms with E-state index in [1.165, 1.54) is 17.0 Å². The van der Waals surface area contributed by atoms with Gasteiger partial charge in [-0.15, -0.1) is 11.3 Å². The number of nitrogens with two attached hydrogens (primary N) is 1. The number of halogens is 1. The molecule has 1 aromatic carbocycles. The van der Waals surface area contributed by atoms with Gasteiger partial charge in [-0.1, -0.05) is 18.2 Å². The van der Waals surface area contributed by atoms with Crippen LogP contribution in [-0.2, 0) is 0 Å². The molecule has 20 heavy (non-hydrogen) atoms. The molecule has 2 unspecified atom stereocenters. The second-order valence-corrected chi connectivity index (χ2v) is 6.10. The van der Waals surface area contributed by atoms with Gasteiger partial charge >= 0.3 is 0 Å². The third-order valence-electron chi connectivity index (χ3n) is 3.69. The third kappa shape index (κ3) is 3.88. The molecule has 0 saturated heterocycles. The van der Waals surface area contributed by atoms with E-state index in [0.717, 1.165) is 18.5 Å². The van der Waals surface area contributed by atoms with Gasteiger partial charge in [-0.3, -0.25) is 4.90 Å². The maximum Gasteiger partial charge on any atom is 0.123 e. The van der Waals surface area contributed by atoms with E-state index in [0.29, 0.717) is 6.04 Å². The Kier molecular flexibility index (Phi) is 5.29. The van der Waals surface area contributed by atoms with Crippen molar-refractivity contribution in [1.82, 2.24) is 4.90 Å². The van der Waals surface area contributed by atoms with E-state index in [-0.39, 0.29) is 11.9 Å². The van der Waals surface area contributed by atoms with Gasteiger partial charge in [0.15, 0.2) is 0 Å². The molecule has 0 aliphatic heterocycles. The van der Waals surface area contributed by atoms with Gasteiger partial charge in [-0.2, -0.15) is 0 Å². The van der Waals surface area contributed by atoms with Crippen molar-refractivity contribution >= 4 is 11.3 Å². The summed E-state index contributed by atoms with van der Waals surface area (Å²) < 4.78 is 13.2. The molecule has 0 aliphatic rings. The van der Waals surface area contributed by atoms with E-state index in [9.17, 15) is 4.39 Å². The van der Waals surface area contributed by atoms with Gasteiger partial charge in [0.05, 0.1) is 0 Å². The minimum atomic E-state index is -0.224. The summed E-state index contributed by atoms with van der Waals surface area (Å²) in [6.45, 7) is 3.08. The quantitative estimate of drug-likeness (QED) is 0.873. The van der Waals surface area contributed by atoms with Crippen LogP contribution in [0.2, 0.25) is 0 Å². The van der Waals surface area contributed by atoms with E-state index in [4.69, 9.17) is 5.73 Å². The van der Waals surface area contributed by atoms with Crippen molar-refractivity contribution in [2.75, 3.05) is 13.6 Å². The number of benzene rings is 1. The largest absolute Gasteiger partial charge is 0.324 e. The highest BCUT2D eigenvalue weighted by Gasteiger charge is 2.14. The summed E-state index contributed by atoms with van der Waals surface area (Å²) in [4.78, 5) is 3.64. The summed E-state index contributed by atoms with van der Waals surface area (Å²) >= 11 is 1.77. The van der Waals surface area contributed by atoms with Crippen LogP contribution in [0.25, 0.3) is 0 Å². The average molecular weight is 292 g/mol. The lowest BCUT2D eigenvalue weighted by Crippen LogP contribution is -2.26. The Hall–Kier alpha value is -1.23. The number of nitrogens with zero attached hydrogens (tertiary/aromatic N) is 1. The van der Waals surface area contributed by atoms with Gasteiger partial charge in [-0.25, -0.2) is 4.39 Å². The van der Waals surface area contributed by atoms with Gasteiger partial charge in [0.2, 0.25) is 0 Å². The molecule has 1 aromatic heterocycles. The molecule has 1 heterocycles. The predicted molar refractivity (Wildman–Crippen MR) is 83.3 cm³/mol. The Bertz CT molecular complexity index is 527. The minimum Gasteiger partial charge on any atom is -0.324 e. The fourth-order valence-electron chi connectivity index (χ4n) is 2.19. The number of hydrogen-bond acceptors (Lipinski definition) is 3. The standard InChI is InChI=1S/C16H21FN2S/c1-12(16-7-4-10-20-16)19(2)9-8-15(18)13-5-3-6-14(17)11-13/h3-7,10-12,15H,8-9,18H2,1-2H3. The van der Waals surface area contributed by atoms with Crippen LogP contribution in [0.4, 0.5) is 4.39 Å². The monoisotopic (exact) mass is 292 g/mol. The number of hydrogen-bond donors (Lipinski definition) is 1. The van der Waals surface area contributed by atoms with Crippen molar-refractivity contribution < 1.29 is 4.39 Å². The molecule has 2 rings (SSSR count). The second-order valence-electron chi connectivity index (χ2n) is 5.12. The first kappa shape index (κ1) is 15.2. The molecule has 2 N–H and O–H groups in total. The van der Waals surface area contributed by atoms with E-state index in [2.05, 4.69) is 36.4 Å². The summed E-state index contributed by atoms with van der Waals surface area (Å²) in [6, 6.07) is 11.0. The van der Waals surface area contributed by atoms with Crippen molar-refractivity contribution in [2.45, 2.75) is 25.4 Å². The summed E-state index contributed by atoms with van der Waals surface area (Å²) in [5.74, 6) is -0.224. The van der Waals surface area contributed by atoms with E-state index in [1.807, 2.05) is 6.07 Å². The lowest BCUT2D eigenvalue weighted by molar-refractivity contribution is 0.254. The fourth-order valence-corrected chi connectivity index (χ4v) is 3.03. The molecular formula is C16H21FN2S. The molecule has 0 bridgehead atoms. The maximum atomic E-state index is 13.2. The summed E-state index contributed by atoms with van der Waals surface area (Å²) in [5.41, 5.74) is 7.00. The van der Waals surface area contributed by atoms with E-state index in [1.54, 1.807) is 17.4 Å². The highest BCUT2D eigenvalue weighted by Crippen LogP contribution is 2.24. The first-order valence-electron chi connectivity index (χ1n) is 6.82. The minimum absolute atomic E-state index is 0.122. The molecule has 0 amide bonds. The Morgan fingerprint density at radius 2 is 2.10 bits per heavy atom. The van der Waals surface area contributed by atoms with Crippen molar-refractivity contribution in [3.63, 3.8) is 0 Å². The van der Waals surface area contributed by atoms with E-state index < -0.39 is 0 Å². The summed E-state index contributed by atoms with van der Waals surface area (Å²) in [5, 5.41) is 2.10. The van der Waals surface area contributed by atoms with Crippen molar-refractivity contribution in [3.8, 4) is 0 Å². The van der Waals surface area contributed by atoms with Crippen LogP contribution in [-0.4, -0.2) is 18.5 Å². The zero-order valence-corrected chi connectivity index (χ0v) is 12.7. The van der Waals surface area contributed by atoms with Crippen molar-refractivity contribution in [1.29, 1.82) is 0 Å². The molecule has 2 nitrogen and oxygen atoms in total. The van der Waals surface area contributed by atoms with Crippen LogP contribution in [0.5, 0.6) is 0 Å². The molecule has 4 heteroatoms. The Morgan fingerprint density at radius 3 is 2.75 bits per heavy atom. The van der Waals surface area contributed by atoms with Crippen molar-refractivity contribution in [3.05, 3.63) is 58.0 Å². The Morgan fingerprint density at radius 1 is 1.30 bits per heavy atom. The SMILES string of the molecule is CC(c1cccs1)N(C)CCC(N)c1cccc(F)c1. The normalized spacial score (nSPS) is 14.4. The summed E-state index contributed by atoms with van der Waals surface area (Å²) in [6.07, 6.45) is 0.815. The predicted octanol–water partition coefficient (Wildman–Crippen LogP) is 3.97. The smallest absolute Gasteiger partial charge is 0.123 e.